The van der Waals surface area contributed by atoms with Crippen molar-refractivity contribution in [2.45, 2.75) is 23.6 Å². The number of benzene rings is 2. The number of nitrogens with zero attached hydrogens (tertiary/aromatic N) is 2. The number of nitrogens with one attached hydrogen (secondary N) is 1. The number of carbonyl (C=O) groups excluding carboxylic acids is 2. The van der Waals surface area contributed by atoms with E-state index in [0.717, 1.165) is 4.90 Å². The van der Waals surface area contributed by atoms with Crippen molar-refractivity contribution in [1.82, 2.24) is 10.1 Å². The number of anilines is 1. The molecule has 2 aromatic carbocycles. The molecule has 1 heterocycles. The summed E-state index contributed by atoms with van der Waals surface area (Å²) in [6.07, 6.45) is 0. The molecule has 3 rings (SSSR count). The van der Waals surface area contributed by atoms with Crippen molar-refractivity contribution < 1.29 is 14.1 Å². The van der Waals surface area contributed by atoms with Crippen molar-refractivity contribution in [3.05, 3.63) is 71.5 Å². The fourth-order valence-electron chi connectivity index (χ4n) is 2.58. The van der Waals surface area contributed by atoms with Crippen LogP contribution < -0.4 is 5.32 Å². The Morgan fingerprint density at radius 1 is 1.11 bits per heavy atom. The molecular weight excluding hydrogens is 374 g/mol. The Bertz CT molecular complexity index is 983. The lowest BCUT2D eigenvalue weighted by Crippen LogP contribution is -2.34. The van der Waals surface area contributed by atoms with Gasteiger partial charge in [0.1, 0.15) is 5.76 Å². The maximum Gasteiger partial charge on any atom is 0.254 e. The number of rotatable bonds is 6. The number of aryl methyl sites for hydroxylation is 2. The van der Waals surface area contributed by atoms with Crippen LogP contribution in [-0.2, 0) is 4.79 Å². The van der Waals surface area contributed by atoms with Crippen molar-refractivity contribution >= 4 is 29.4 Å². The smallest absolute Gasteiger partial charge is 0.254 e. The van der Waals surface area contributed by atoms with Gasteiger partial charge < -0.3 is 14.7 Å². The van der Waals surface area contributed by atoms with E-state index in [1.165, 1.54) is 15.4 Å². The zero-order valence-electron chi connectivity index (χ0n) is 15.9. The Hall–Kier alpha value is -3.06. The first-order chi connectivity index (χ1) is 13.4. The Morgan fingerprint density at radius 3 is 2.46 bits per heavy atom. The van der Waals surface area contributed by atoms with Gasteiger partial charge in [-0.05, 0) is 49.7 Å². The van der Waals surface area contributed by atoms with Crippen LogP contribution in [0.25, 0.3) is 0 Å². The van der Waals surface area contributed by atoms with Crippen LogP contribution in [0.2, 0.25) is 0 Å². The molecule has 0 atom stereocenters. The molecule has 0 unspecified atom stereocenters. The third kappa shape index (κ3) is 5.01. The lowest BCUT2D eigenvalue weighted by Gasteiger charge is -2.16. The average Bonchev–Trinajstić information content (AvgIpc) is 3.08. The molecule has 2 amide bonds. The Balaban J connectivity index is 1.58. The zero-order chi connectivity index (χ0) is 20.1. The summed E-state index contributed by atoms with van der Waals surface area (Å²) in [6, 6.07) is 17.2. The van der Waals surface area contributed by atoms with E-state index in [1.807, 2.05) is 24.3 Å². The van der Waals surface area contributed by atoms with Gasteiger partial charge in [-0.25, -0.2) is 0 Å². The van der Waals surface area contributed by atoms with Gasteiger partial charge in [0.05, 0.1) is 6.54 Å². The molecule has 0 radical (unpaired) electrons. The minimum absolute atomic E-state index is 0.0789. The van der Waals surface area contributed by atoms with Crippen LogP contribution in [0.1, 0.15) is 21.7 Å². The highest BCUT2D eigenvalue weighted by Gasteiger charge is 2.16. The van der Waals surface area contributed by atoms with Crippen molar-refractivity contribution in [2.24, 2.45) is 0 Å². The maximum atomic E-state index is 12.6. The van der Waals surface area contributed by atoms with E-state index in [4.69, 9.17) is 4.52 Å². The van der Waals surface area contributed by atoms with E-state index >= 15 is 0 Å². The number of amides is 2. The number of hydrogen-bond donors (Lipinski definition) is 1. The summed E-state index contributed by atoms with van der Waals surface area (Å²) in [5.74, 6) is 0.374. The molecule has 144 valence electrons. The molecule has 0 aliphatic carbocycles. The van der Waals surface area contributed by atoms with Gasteiger partial charge in [0, 0.05) is 28.5 Å². The van der Waals surface area contributed by atoms with Crippen molar-refractivity contribution in [3.8, 4) is 0 Å². The summed E-state index contributed by atoms with van der Waals surface area (Å²) >= 11 is 1.65. The van der Waals surface area contributed by atoms with Gasteiger partial charge in [0.25, 0.3) is 5.91 Å². The third-order valence-electron chi connectivity index (χ3n) is 4.05. The predicted molar refractivity (Wildman–Crippen MR) is 109 cm³/mol. The molecule has 0 fully saturated rings. The normalized spacial score (nSPS) is 10.5. The Labute approximate surface area is 167 Å². The van der Waals surface area contributed by atoms with Crippen LogP contribution in [0.3, 0.4) is 0 Å². The van der Waals surface area contributed by atoms with Crippen molar-refractivity contribution in [1.29, 1.82) is 0 Å². The first-order valence-corrected chi connectivity index (χ1v) is 9.56. The second kappa shape index (κ2) is 8.75. The van der Waals surface area contributed by atoms with E-state index in [-0.39, 0.29) is 18.4 Å². The van der Waals surface area contributed by atoms with Crippen molar-refractivity contribution in [3.63, 3.8) is 0 Å². The van der Waals surface area contributed by atoms with E-state index in [2.05, 4.69) is 29.5 Å². The molecule has 0 saturated carbocycles. The minimum Gasteiger partial charge on any atom is -0.360 e. The molecule has 0 aliphatic rings. The van der Waals surface area contributed by atoms with Crippen LogP contribution in [0.4, 0.5) is 5.82 Å². The molecule has 0 aliphatic heterocycles. The summed E-state index contributed by atoms with van der Waals surface area (Å²) in [6.45, 7) is 3.73. The first kappa shape index (κ1) is 19.7. The monoisotopic (exact) mass is 395 g/mol. The fraction of sp³-hybridized carbons (Fsp3) is 0.190. The highest BCUT2D eigenvalue weighted by molar-refractivity contribution is 7.99. The van der Waals surface area contributed by atoms with Gasteiger partial charge in [-0.1, -0.05) is 35.1 Å². The molecule has 28 heavy (non-hydrogen) atoms. The first-order valence-electron chi connectivity index (χ1n) is 8.74. The van der Waals surface area contributed by atoms with Crippen LogP contribution in [0, 0.1) is 13.8 Å². The summed E-state index contributed by atoms with van der Waals surface area (Å²) in [5, 5.41) is 6.30. The van der Waals surface area contributed by atoms with Crippen LogP contribution >= 0.6 is 11.8 Å². The van der Waals surface area contributed by atoms with E-state index in [0.29, 0.717) is 17.1 Å². The van der Waals surface area contributed by atoms with Gasteiger partial charge in [0.15, 0.2) is 5.82 Å². The fourth-order valence-corrected chi connectivity index (χ4v) is 3.48. The van der Waals surface area contributed by atoms with E-state index < -0.39 is 0 Å². The van der Waals surface area contributed by atoms with Crippen LogP contribution in [0.15, 0.2) is 68.9 Å². The number of carbonyl (C=O) groups is 2. The van der Waals surface area contributed by atoms with Gasteiger partial charge >= 0.3 is 0 Å². The highest BCUT2D eigenvalue weighted by atomic mass is 32.2. The van der Waals surface area contributed by atoms with Crippen molar-refractivity contribution in [2.75, 3.05) is 18.9 Å². The van der Waals surface area contributed by atoms with Gasteiger partial charge in [-0.3, -0.25) is 9.59 Å². The second-order valence-corrected chi connectivity index (χ2v) is 7.54. The van der Waals surface area contributed by atoms with E-state index in [9.17, 15) is 9.59 Å². The van der Waals surface area contributed by atoms with Crippen LogP contribution in [0.5, 0.6) is 0 Å². The number of likely N-dealkylation sites (N-methyl/N-ethyl adjacent to an activating group) is 1. The number of hydrogen-bond acceptors (Lipinski definition) is 5. The largest absolute Gasteiger partial charge is 0.360 e. The molecule has 7 heteroatoms. The Morgan fingerprint density at radius 2 is 1.82 bits per heavy atom. The SMILES string of the molecule is Cc1cc(NC(=O)CN(C)C(=O)c2ccc(Sc3ccccc3C)cc2)no1. The van der Waals surface area contributed by atoms with Gasteiger partial charge in [-0.2, -0.15) is 0 Å². The topological polar surface area (TPSA) is 75.4 Å². The molecule has 1 aromatic heterocycles. The third-order valence-corrected chi connectivity index (χ3v) is 5.23. The summed E-state index contributed by atoms with van der Waals surface area (Å²) in [4.78, 5) is 28.2. The average molecular weight is 395 g/mol. The molecule has 6 nitrogen and oxygen atoms in total. The summed E-state index contributed by atoms with van der Waals surface area (Å²) < 4.78 is 4.90. The second-order valence-electron chi connectivity index (χ2n) is 6.42. The van der Waals surface area contributed by atoms with E-state index in [1.54, 1.807) is 43.9 Å². The Kier molecular flexibility index (Phi) is 6.16. The maximum absolute atomic E-state index is 12.6. The lowest BCUT2D eigenvalue weighted by molar-refractivity contribution is -0.116. The minimum atomic E-state index is -0.337. The molecule has 3 aromatic rings. The molecule has 0 bridgehead atoms. The standard InChI is InChI=1S/C21H21N3O3S/c1-14-6-4-5-7-18(14)28-17-10-8-16(9-11-17)21(26)24(3)13-20(25)22-19-12-15(2)27-23-19/h4-12H,13H2,1-3H3,(H,22,23,25). The lowest BCUT2D eigenvalue weighted by atomic mass is 10.2. The highest BCUT2D eigenvalue weighted by Crippen LogP contribution is 2.30. The van der Waals surface area contributed by atoms with Crippen LogP contribution in [-0.4, -0.2) is 35.5 Å². The molecular formula is C21H21N3O3S. The summed E-state index contributed by atoms with van der Waals surface area (Å²) in [7, 11) is 1.59. The number of aromatic nitrogens is 1. The predicted octanol–water partition coefficient (Wildman–Crippen LogP) is 4.15. The quantitative estimate of drug-likeness (QED) is 0.678. The molecule has 0 spiro atoms. The molecule has 0 saturated heterocycles. The van der Waals surface area contributed by atoms with Gasteiger partial charge in [-0.15, -0.1) is 0 Å². The zero-order valence-corrected chi connectivity index (χ0v) is 16.7. The molecule has 1 N–H and O–H groups in total. The van der Waals surface area contributed by atoms with Gasteiger partial charge in [0.2, 0.25) is 5.91 Å². The summed E-state index contributed by atoms with van der Waals surface area (Å²) in [5.41, 5.74) is 1.74.